The normalized spacial score (nSPS) is 10.5. The van der Waals surface area contributed by atoms with Gasteiger partial charge in [0.2, 0.25) is 0 Å². The van der Waals surface area contributed by atoms with Gasteiger partial charge >= 0.3 is 0 Å². The summed E-state index contributed by atoms with van der Waals surface area (Å²) in [6.45, 7) is 2.16. The van der Waals surface area contributed by atoms with Crippen molar-refractivity contribution in [2.24, 2.45) is 0 Å². The zero-order valence-electron chi connectivity index (χ0n) is 8.60. The van der Waals surface area contributed by atoms with Crippen LogP contribution in [0.15, 0.2) is 29.6 Å². The molecule has 0 unspecified atom stereocenters. The second kappa shape index (κ2) is 4.81. The number of thiazole rings is 1. The smallest absolute Gasteiger partial charge is 0.103 e. The highest BCUT2D eigenvalue weighted by atomic mass is 32.1. The van der Waals surface area contributed by atoms with Crippen molar-refractivity contribution < 1.29 is 0 Å². The molecule has 1 aromatic heterocycles. The van der Waals surface area contributed by atoms with Crippen LogP contribution in [0.5, 0.6) is 0 Å². The van der Waals surface area contributed by atoms with Crippen LogP contribution < -0.4 is 0 Å². The van der Waals surface area contributed by atoms with E-state index in [4.69, 9.17) is 0 Å². The molecule has 2 aromatic rings. The van der Waals surface area contributed by atoms with Crippen molar-refractivity contribution in [3.63, 3.8) is 0 Å². The first-order chi connectivity index (χ1) is 7.33. The van der Waals surface area contributed by atoms with E-state index in [-0.39, 0.29) is 0 Å². The summed E-state index contributed by atoms with van der Waals surface area (Å²) in [4.78, 5) is 4.50. The first-order valence-corrected chi connectivity index (χ1v) is 6.49. The van der Waals surface area contributed by atoms with Crippen LogP contribution in [0.1, 0.15) is 17.5 Å². The van der Waals surface area contributed by atoms with Gasteiger partial charge < -0.3 is 0 Å². The molecule has 0 radical (unpaired) electrons. The van der Waals surface area contributed by atoms with Gasteiger partial charge in [0, 0.05) is 16.7 Å². The van der Waals surface area contributed by atoms with Gasteiger partial charge in [-0.15, -0.1) is 11.3 Å². The lowest BCUT2D eigenvalue weighted by Crippen LogP contribution is -1.82. The van der Waals surface area contributed by atoms with E-state index in [2.05, 4.69) is 54.2 Å². The highest BCUT2D eigenvalue weighted by molar-refractivity contribution is 7.79. The Labute approximate surface area is 99.6 Å². The lowest BCUT2D eigenvalue weighted by molar-refractivity contribution is 1.14. The molecule has 0 amide bonds. The molecule has 0 bridgehead atoms. The lowest BCUT2D eigenvalue weighted by atomic mass is 10.1. The Kier molecular flexibility index (Phi) is 3.44. The summed E-state index contributed by atoms with van der Waals surface area (Å²) >= 11 is 5.88. The van der Waals surface area contributed by atoms with E-state index in [1.54, 1.807) is 11.3 Å². The molecule has 0 atom stereocenters. The topological polar surface area (TPSA) is 12.9 Å². The molecular formula is C12H13NS2. The summed E-state index contributed by atoms with van der Waals surface area (Å²) in [5.41, 5.74) is 3.62. The zero-order valence-corrected chi connectivity index (χ0v) is 10.3. The molecule has 0 aliphatic rings. The average Bonchev–Trinajstić information content (AvgIpc) is 2.78. The predicted octanol–water partition coefficient (Wildman–Crippen LogP) is 3.80. The summed E-state index contributed by atoms with van der Waals surface area (Å²) < 4.78 is 0. The van der Waals surface area contributed by atoms with Crippen LogP contribution in [-0.2, 0) is 12.2 Å². The number of aryl methyl sites for hydroxylation is 1. The second-order valence-electron chi connectivity index (χ2n) is 3.34. The highest BCUT2D eigenvalue weighted by Gasteiger charge is 2.02. The standard InChI is InChI=1S/C12H13NS2/c1-2-9-3-5-10(6-4-9)11-8-15-12(7-14)13-11/h3-6,8,14H,2,7H2,1H3. The highest BCUT2D eigenvalue weighted by Crippen LogP contribution is 2.23. The van der Waals surface area contributed by atoms with Crippen LogP contribution in [0.3, 0.4) is 0 Å². The van der Waals surface area contributed by atoms with Crippen LogP contribution in [-0.4, -0.2) is 4.98 Å². The van der Waals surface area contributed by atoms with Gasteiger partial charge in [-0.05, 0) is 12.0 Å². The van der Waals surface area contributed by atoms with Crippen molar-refractivity contribution in [2.45, 2.75) is 19.1 Å². The summed E-state index contributed by atoms with van der Waals surface area (Å²) in [5, 5.41) is 3.17. The SMILES string of the molecule is CCc1ccc(-c2csc(CS)n2)cc1. The van der Waals surface area contributed by atoms with Crippen molar-refractivity contribution in [3.8, 4) is 11.3 Å². The fourth-order valence-corrected chi connectivity index (χ4v) is 2.38. The fraction of sp³-hybridized carbons (Fsp3) is 0.250. The van der Waals surface area contributed by atoms with Gasteiger partial charge in [-0.3, -0.25) is 0 Å². The van der Waals surface area contributed by atoms with Crippen LogP contribution in [0, 0.1) is 0 Å². The Bertz CT molecular complexity index is 431. The molecule has 0 aliphatic carbocycles. The van der Waals surface area contributed by atoms with Gasteiger partial charge in [0.15, 0.2) is 0 Å². The molecule has 0 N–H and O–H groups in total. The second-order valence-corrected chi connectivity index (χ2v) is 4.59. The minimum absolute atomic E-state index is 0.720. The first-order valence-electron chi connectivity index (χ1n) is 4.98. The lowest BCUT2D eigenvalue weighted by Gasteiger charge is -1.98. The maximum absolute atomic E-state index is 4.50. The number of benzene rings is 1. The molecule has 1 aromatic carbocycles. The molecule has 0 spiro atoms. The fourth-order valence-electron chi connectivity index (χ4n) is 1.43. The largest absolute Gasteiger partial charge is 0.240 e. The Hall–Kier alpha value is -0.800. The molecule has 0 saturated carbocycles. The molecular weight excluding hydrogens is 222 g/mol. The quantitative estimate of drug-likeness (QED) is 0.798. The van der Waals surface area contributed by atoms with E-state index in [0.717, 1.165) is 22.9 Å². The van der Waals surface area contributed by atoms with Crippen LogP contribution in [0.25, 0.3) is 11.3 Å². The Morgan fingerprint density at radius 1 is 1.27 bits per heavy atom. The monoisotopic (exact) mass is 235 g/mol. The number of hydrogen-bond acceptors (Lipinski definition) is 3. The molecule has 1 nitrogen and oxygen atoms in total. The minimum atomic E-state index is 0.720. The van der Waals surface area contributed by atoms with Gasteiger partial charge in [-0.25, -0.2) is 4.98 Å². The van der Waals surface area contributed by atoms with E-state index < -0.39 is 0 Å². The summed E-state index contributed by atoms with van der Waals surface area (Å²) in [6.07, 6.45) is 1.08. The zero-order chi connectivity index (χ0) is 10.7. The van der Waals surface area contributed by atoms with Crippen LogP contribution in [0.4, 0.5) is 0 Å². The average molecular weight is 235 g/mol. The minimum Gasteiger partial charge on any atom is -0.240 e. The van der Waals surface area contributed by atoms with Gasteiger partial charge in [0.05, 0.1) is 5.69 Å². The van der Waals surface area contributed by atoms with E-state index in [9.17, 15) is 0 Å². The molecule has 0 fully saturated rings. The maximum atomic E-state index is 4.50. The third kappa shape index (κ3) is 2.41. The maximum Gasteiger partial charge on any atom is 0.103 e. The van der Waals surface area contributed by atoms with Crippen molar-refractivity contribution in [3.05, 3.63) is 40.2 Å². The third-order valence-electron chi connectivity index (χ3n) is 2.34. The van der Waals surface area contributed by atoms with Crippen molar-refractivity contribution in [1.29, 1.82) is 0 Å². The van der Waals surface area contributed by atoms with Crippen LogP contribution >= 0.6 is 24.0 Å². The number of rotatable bonds is 3. The third-order valence-corrected chi connectivity index (χ3v) is 3.71. The summed E-state index contributed by atoms with van der Waals surface area (Å²) in [6, 6.07) is 8.59. The number of hydrogen-bond donors (Lipinski definition) is 1. The van der Waals surface area contributed by atoms with Crippen molar-refractivity contribution >= 4 is 24.0 Å². The van der Waals surface area contributed by atoms with E-state index >= 15 is 0 Å². The molecule has 0 aliphatic heterocycles. The number of nitrogens with zero attached hydrogens (tertiary/aromatic N) is 1. The molecule has 78 valence electrons. The predicted molar refractivity (Wildman–Crippen MR) is 69.6 cm³/mol. The van der Waals surface area contributed by atoms with Gasteiger partial charge in [0.1, 0.15) is 5.01 Å². The molecule has 15 heavy (non-hydrogen) atoms. The van der Waals surface area contributed by atoms with E-state index in [1.165, 1.54) is 11.1 Å². The Morgan fingerprint density at radius 3 is 2.53 bits per heavy atom. The summed E-state index contributed by atoms with van der Waals surface area (Å²) in [7, 11) is 0. The number of aromatic nitrogens is 1. The van der Waals surface area contributed by atoms with E-state index in [0.29, 0.717) is 0 Å². The van der Waals surface area contributed by atoms with Gasteiger partial charge in [-0.1, -0.05) is 31.2 Å². The number of thiol groups is 1. The molecule has 1 heterocycles. The van der Waals surface area contributed by atoms with Gasteiger partial charge in [0.25, 0.3) is 0 Å². The Morgan fingerprint density at radius 2 is 2.00 bits per heavy atom. The molecule has 2 rings (SSSR count). The van der Waals surface area contributed by atoms with Crippen LogP contribution in [0.2, 0.25) is 0 Å². The summed E-state index contributed by atoms with van der Waals surface area (Å²) in [5.74, 6) is 0.720. The Balaban J connectivity index is 2.28. The van der Waals surface area contributed by atoms with Crippen molar-refractivity contribution in [2.75, 3.05) is 0 Å². The van der Waals surface area contributed by atoms with E-state index in [1.807, 2.05) is 0 Å². The van der Waals surface area contributed by atoms with Crippen molar-refractivity contribution in [1.82, 2.24) is 4.98 Å². The molecule has 0 saturated heterocycles. The first kappa shape index (κ1) is 10.7. The molecule has 3 heteroatoms. The van der Waals surface area contributed by atoms with Gasteiger partial charge in [-0.2, -0.15) is 12.6 Å².